The maximum atomic E-state index is 10.2. The molecular weight excluding hydrogens is 503 g/mol. The lowest BCUT2D eigenvalue weighted by Gasteiger charge is -2.31. The van der Waals surface area contributed by atoms with E-state index in [0.717, 1.165) is 44.2 Å². The lowest BCUT2D eigenvalue weighted by atomic mass is 9.68. The summed E-state index contributed by atoms with van der Waals surface area (Å²) in [5, 5.41) is 22.6. The van der Waals surface area contributed by atoms with E-state index in [0.29, 0.717) is 5.46 Å². The van der Waals surface area contributed by atoms with Gasteiger partial charge in [0.05, 0.1) is 5.41 Å². The number of benzene rings is 6. The molecule has 192 valence electrons. The van der Waals surface area contributed by atoms with Crippen LogP contribution in [0.4, 0.5) is 0 Å². The van der Waals surface area contributed by atoms with Crippen LogP contribution >= 0.6 is 0 Å². The fourth-order valence-corrected chi connectivity index (χ4v) is 7.46. The van der Waals surface area contributed by atoms with E-state index in [1.807, 2.05) is 36.4 Å². The molecule has 0 saturated heterocycles. The monoisotopic (exact) mass is 526 g/mol. The van der Waals surface area contributed by atoms with Gasteiger partial charge in [0.1, 0.15) is 11.2 Å². The van der Waals surface area contributed by atoms with Crippen LogP contribution in [0.15, 0.2) is 132 Å². The molecule has 0 amide bonds. The molecule has 4 heteroatoms. The summed E-state index contributed by atoms with van der Waals surface area (Å²) in [6.07, 6.45) is 0. The fraction of sp³-hybridized carbons (Fsp3) is 0.0270. The number of rotatable bonds is 2. The van der Waals surface area contributed by atoms with Crippen molar-refractivity contribution in [2.75, 3.05) is 0 Å². The molecule has 0 radical (unpaired) electrons. The summed E-state index contributed by atoms with van der Waals surface area (Å²) in [6.45, 7) is 0. The van der Waals surface area contributed by atoms with Crippen LogP contribution in [0.25, 0.3) is 55.3 Å². The van der Waals surface area contributed by atoms with E-state index >= 15 is 0 Å². The summed E-state index contributed by atoms with van der Waals surface area (Å²) < 4.78 is 6.44. The zero-order chi connectivity index (χ0) is 27.3. The van der Waals surface area contributed by atoms with Gasteiger partial charge in [-0.3, -0.25) is 0 Å². The van der Waals surface area contributed by atoms with Gasteiger partial charge in [0.2, 0.25) is 0 Å². The van der Waals surface area contributed by atoms with Gasteiger partial charge < -0.3 is 14.5 Å². The van der Waals surface area contributed by atoms with E-state index in [4.69, 9.17) is 4.42 Å². The Morgan fingerprint density at radius 2 is 1.07 bits per heavy atom. The van der Waals surface area contributed by atoms with Gasteiger partial charge in [0, 0.05) is 16.3 Å². The van der Waals surface area contributed by atoms with Crippen LogP contribution < -0.4 is 5.46 Å². The molecule has 1 spiro atoms. The second kappa shape index (κ2) is 8.08. The smallest absolute Gasteiger partial charge is 0.455 e. The molecule has 1 atom stereocenters. The Labute approximate surface area is 237 Å². The molecular formula is C37H23BO3. The van der Waals surface area contributed by atoms with Crippen LogP contribution in [0.5, 0.6) is 0 Å². The lowest BCUT2D eigenvalue weighted by Crippen LogP contribution is -2.33. The summed E-state index contributed by atoms with van der Waals surface area (Å²) in [5.41, 5.74) is 13.2. The van der Waals surface area contributed by atoms with Gasteiger partial charge in [-0.15, -0.1) is 0 Å². The molecule has 1 aromatic heterocycles. The molecule has 7 aromatic rings. The second-order valence-corrected chi connectivity index (χ2v) is 11.1. The predicted octanol–water partition coefficient (Wildman–Crippen LogP) is 7.28. The van der Waals surface area contributed by atoms with Crippen LogP contribution in [0.3, 0.4) is 0 Å². The first-order valence-corrected chi connectivity index (χ1v) is 13.9. The third-order valence-electron chi connectivity index (χ3n) is 9.13. The SMILES string of the molecule is OB(O)c1ccc2c(c1)C1(c3ccccc3-2)c2ccccc2-c2ccc(-c3cccc4c3oc3ccccc34)cc21. The van der Waals surface area contributed by atoms with Crippen LogP contribution in [-0.2, 0) is 5.41 Å². The number of furan rings is 1. The Kier molecular flexibility index (Phi) is 4.51. The average Bonchev–Trinajstić information content (AvgIpc) is 3.64. The van der Waals surface area contributed by atoms with Gasteiger partial charge in [-0.2, -0.15) is 0 Å². The Balaban J connectivity index is 1.39. The molecule has 0 bridgehead atoms. The van der Waals surface area contributed by atoms with Crippen LogP contribution in [0, 0.1) is 0 Å². The molecule has 41 heavy (non-hydrogen) atoms. The average molecular weight is 526 g/mol. The number of hydrogen-bond acceptors (Lipinski definition) is 3. The van der Waals surface area contributed by atoms with Crippen molar-refractivity contribution < 1.29 is 14.5 Å². The van der Waals surface area contributed by atoms with E-state index < -0.39 is 12.5 Å². The number of para-hydroxylation sites is 2. The zero-order valence-electron chi connectivity index (χ0n) is 22.0. The lowest BCUT2D eigenvalue weighted by molar-refractivity contribution is 0.425. The molecule has 0 aliphatic heterocycles. The van der Waals surface area contributed by atoms with Crippen molar-refractivity contribution in [2.45, 2.75) is 5.41 Å². The van der Waals surface area contributed by atoms with Gasteiger partial charge in [0.25, 0.3) is 0 Å². The zero-order valence-corrected chi connectivity index (χ0v) is 22.0. The summed E-state index contributed by atoms with van der Waals surface area (Å²) in [5.74, 6) is 0. The first-order valence-electron chi connectivity index (χ1n) is 13.9. The van der Waals surface area contributed by atoms with Crippen molar-refractivity contribution in [2.24, 2.45) is 0 Å². The highest BCUT2D eigenvalue weighted by molar-refractivity contribution is 6.58. The number of fused-ring (bicyclic) bond motifs is 13. The predicted molar refractivity (Wildman–Crippen MR) is 165 cm³/mol. The van der Waals surface area contributed by atoms with Crippen molar-refractivity contribution in [3.8, 4) is 33.4 Å². The molecule has 3 nitrogen and oxygen atoms in total. The molecule has 0 fully saturated rings. The van der Waals surface area contributed by atoms with E-state index in [-0.39, 0.29) is 0 Å². The van der Waals surface area contributed by atoms with Crippen LogP contribution in [0.1, 0.15) is 22.3 Å². The van der Waals surface area contributed by atoms with E-state index in [1.54, 1.807) is 0 Å². The highest BCUT2D eigenvalue weighted by Gasteiger charge is 2.51. The van der Waals surface area contributed by atoms with Gasteiger partial charge in [0.15, 0.2) is 0 Å². The summed E-state index contributed by atoms with van der Waals surface area (Å²) in [4.78, 5) is 0. The molecule has 6 aromatic carbocycles. The molecule has 2 aliphatic carbocycles. The van der Waals surface area contributed by atoms with Crippen LogP contribution in [0.2, 0.25) is 0 Å². The van der Waals surface area contributed by atoms with Crippen molar-refractivity contribution in [1.29, 1.82) is 0 Å². The van der Waals surface area contributed by atoms with Crippen LogP contribution in [-0.4, -0.2) is 17.2 Å². The number of hydrogen-bond donors (Lipinski definition) is 2. The summed E-state index contributed by atoms with van der Waals surface area (Å²) in [6, 6.07) is 44.4. The molecule has 2 aliphatic rings. The van der Waals surface area contributed by atoms with Crippen molar-refractivity contribution in [3.63, 3.8) is 0 Å². The second-order valence-electron chi connectivity index (χ2n) is 11.1. The Hall–Kier alpha value is -4.90. The summed E-state index contributed by atoms with van der Waals surface area (Å²) in [7, 11) is -1.55. The van der Waals surface area contributed by atoms with Gasteiger partial charge in [-0.1, -0.05) is 115 Å². The standard InChI is InChI=1S/C37H23BO3/c39-38(40)23-17-19-28-26-9-2-5-14-32(26)37(34(28)21-23)31-13-4-1-8-25(31)27-18-16-22(20-33(27)37)24-11-7-12-30-29-10-3-6-15-35(29)41-36(24)30/h1-21,39-40H. The van der Waals surface area contributed by atoms with Gasteiger partial charge >= 0.3 is 7.12 Å². The highest BCUT2D eigenvalue weighted by atomic mass is 16.4. The largest absolute Gasteiger partial charge is 0.488 e. The molecule has 1 unspecified atom stereocenters. The Bertz CT molecular complexity index is 2200. The minimum atomic E-state index is -1.55. The quantitative estimate of drug-likeness (QED) is 0.233. The molecule has 0 saturated carbocycles. The van der Waals surface area contributed by atoms with Crippen molar-refractivity contribution in [3.05, 3.63) is 150 Å². The third kappa shape index (κ3) is 2.85. The normalized spacial score (nSPS) is 16.1. The maximum absolute atomic E-state index is 10.2. The fourth-order valence-electron chi connectivity index (χ4n) is 7.46. The van der Waals surface area contributed by atoms with E-state index in [9.17, 15) is 10.0 Å². The molecule has 9 rings (SSSR count). The Morgan fingerprint density at radius 3 is 1.83 bits per heavy atom. The minimum absolute atomic E-state index is 0.491. The molecule has 2 N–H and O–H groups in total. The van der Waals surface area contributed by atoms with E-state index in [1.165, 1.54) is 33.4 Å². The Morgan fingerprint density at radius 1 is 0.488 bits per heavy atom. The third-order valence-corrected chi connectivity index (χ3v) is 9.13. The topological polar surface area (TPSA) is 53.6 Å². The van der Waals surface area contributed by atoms with E-state index in [2.05, 4.69) is 91.0 Å². The van der Waals surface area contributed by atoms with Crippen molar-refractivity contribution in [1.82, 2.24) is 0 Å². The maximum Gasteiger partial charge on any atom is 0.488 e. The first kappa shape index (κ1) is 22.9. The highest BCUT2D eigenvalue weighted by Crippen LogP contribution is 2.63. The van der Waals surface area contributed by atoms with Gasteiger partial charge in [-0.25, -0.2) is 0 Å². The van der Waals surface area contributed by atoms with Crippen molar-refractivity contribution >= 4 is 34.5 Å². The molecule has 1 heterocycles. The minimum Gasteiger partial charge on any atom is -0.455 e. The summed E-state index contributed by atoms with van der Waals surface area (Å²) >= 11 is 0. The van der Waals surface area contributed by atoms with Gasteiger partial charge in [-0.05, 0) is 67.7 Å². The first-order chi connectivity index (χ1) is 20.2.